The molecule has 0 aromatic heterocycles. The van der Waals surface area contributed by atoms with E-state index < -0.39 is 0 Å². The van der Waals surface area contributed by atoms with Crippen LogP contribution in [0.2, 0.25) is 0 Å². The van der Waals surface area contributed by atoms with Crippen LogP contribution in [0.25, 0.3) is 0 Å². The molecule has 0 aliphatic carbocycles. The second kappa shape index (κ2) is 8.37. The van der Waals surface area contributed by atoms with Crippen molar-refractivity contribution in [3.05, 3.63) is 0 Å². The predicted octanol–water partition coefficient (Wildman–Crippen LogP) is 2.45. The summed E-state index contributed by atoms with van der Waals surface area (Å²) in [6, 6.07) is 2.06. The van der Waals surface area contributed by atoms with Crippen molar-refractivity contribution in [1.82, 2.24) is 15.1 Å². The summed E-state index contributed by atoms with van der Waals surface area (Å²) in [7, 11) is 0. The van der Waals surface area contributed by atoms with E-state index in [1.807, 2.05) is 0 Å². The van der Waals surface area contributed by atoms with Crippen LogP contribution < -0.4 is 5.32 Å². The standard InChI is InChI=1S/C17H29N3O.2ClH/c21-17(11-13-9-14-4-5-15(10-13)18-14)20-8-7-19-6-2-1-3-16(19)12-20;;/h13-16,18H,1-12H2;2*1H. The first kappa shape index (κ1) is 19.3. The smallest absolute Gasteiger partial charge is 0.222 e. The largest absolute Gasteiger partial charge is 0.340 e. The summed E-state index contributed by atoms with van der Waals surface area (Å²) >= 11 is 0. The van der Waals surface area contributed by atoms with Crippen molar-refractivity contribution in [3.63, 3.8) is 0 Å². The van der Waals surface area contributed by atoms with E-state index in [4.69, 9.17) is 0 Å². The summed E-state index contributed by atoms with van der Waals surface area (Å²) < 4.78 is 0. The number of hydrogen-bond acceptors (Lipinski definition) is 3. The number of nitrogens with zero attached hydrogens (tertiary/aromatic N) is 2. The number of amides is 1. The minimum absolute atomic E-state index is 0. The van der Waals surface area contributed by atoms with E-state index in [1.165, 1.54) is 51.5 Å². The molecular formula is C17H31Cl2N3O. The third-order valence-corrected chi connectivity index (χ3v) is 6.22. The molecule has 4 aliphatic rings. The van der Waals surface area contributed by atoms with Crippen molar-refractivity contribution in [1.29, 1.82) is 0 Å². The summed E-state index contributed by atoms with van der Waals surface area (Å²) in [6.45, 7) is 4.32. The number of hydrogen-bond donors (Lipinski definition) is 1. The van der Waals surface area contributed by atoms with E-state index in [9.17, 15) is 4.79 Å². The Balaban J connectivity index is 0.000000960. The molecule has 4 fully saturated rings. The van der Waals surface area contributed by atoms with Crippen LogP contribution in [-0.2, 0) is 4.79 Å². The third kappa shape index (κ3) is 4.33. The van der Waals surface area contributed by atoms with Gasteiger partial charge in [-0.15, -0.1) is 24.8 Å². The number of piperazine rings is 1. The lowest BCUT2D eigenvalue weighted by atomic mass is 9.89. The highest BCUT2D eigenvalue weighted by molar-refractivity contribution is 5.85. The second-order valence-electron chi connectivity index (χ2n) is 7.70. The molecule has 4 rings (SSSR count). The van der Waals surface area contributed by atoms with E-state index >= 15 is 0 Å². The Bertz CT molecular complexity index is 397. The van der Waals surface area contributed by atoms with E-state index in [0.29, 0.717) is 30.0 Å². The Morgan fingerprint density at radius 1 is 0.957 bits per heavy atom. The minimum atomic E-state index is 0. The number of halogens is 2. The molecule has 6 heteroatoms. The Morgan fingerprint density at radius 2 is 1.70 bits per heavy atom. The first-order valence-corrected chi connectivity index (χ1v) is 9.06. The van der Waals surface area contributed by atoms with Crippen LogP contribution in [0.4, 0.5) is 0 Å². The summed E-state index contributed by atoms with van der Waals surface area (Å²) in [5.41, 5.74) is 0. The third-order valence-electron chi connectivity index (χ3n) is 6.22. The van der Waals surface area contributed by atoms with Gasteiger partial charge in [0.1, 0.15) is 0 Å². The van der Waals surface area contributed by atoms with Gasteiger partial charge >= 0.3 is 0 Å². The average Bonchev–Trinajstić information content (AvgIpc) is 2.85. The molecule has 2 bridgehead atoms. The fourth-order valence-corrected chi connectivity index (χ4v) is 5.10. The molecule has 23 heavy (non-hydrogen) atoms. The van der Waals surface area contributed by atoms with Gasteiger partial charge in [-0.3, -0.25) is 9.69 Å². The molecule has 4 heterocycles. The Kier molecular flexibility index (Phi) is 7.02. The molecule has 1 N–H and O–H groups in total. The number of nitrogens with one attached hydrogen (secondary N) is 1. The van der Waals surface area contributed by atoms with E-state index in [2.05, 4.69) is 15.1 Å². The molecule has 134 valence electrons. The lowest BCUT2D eigenvalue weighted by Gasteiger charge is -2.44. The highest BCUT2D eigenvalue weighted by Gasteiger charge is 2.36. The number of piperidine rings is 2. The highest BCUT2D eigenvalue weighted by Crippen LogP contribution is 2.33. The summed E-state index contributed by atoms with van der Waals surface area (Å²) in [4.78, 5) is 17.4. The van der Waals surface area contributed by atoms with Crippen LogP contribution in [0, 0.1) is 5.92 Å². The SMILES string of the molecule is Cl.Cl.O=C(CC1CC2CCC(C1)N2)N1CCN2CCCCC2C1. The molecule has 0 saturated carbocycles. The summed E-state index contributed by atoms with van der Waals surface area (Å²) in [6.07, 6.45) is 9.91. The van der Waals surface area contributed by atoms with Crippen molar-refractivity contribution < 1.29 is 4.79 Å². The molecular weight excluding hydrogens is 333 g/mol. The molecule has 0 aromatic rings. The van der Waals surface area contributed by atoms with E-state index in [1.54, 1.807) is 0 Å². The van der Waals surface area contributed by atoms with Gasteiger partial charge in [0.15, 0.2) is 0 Å². The first-order chi connectivity index (χ1) is 10.3. The van der Waals surface area contributed by atoms with Crippen LogP contribution in [0.15, 0.2) is 0 Å². The minimum Gasteiger partial charge on any atom is -0.340 e. The van der Waals surface area contributed by atoms with Crippen LogP contribution in [-0.4, -0.2) is 60.0 Å². The highest BCUT2D eigenvalue weighted by atomic mass is 35.5. The normalized spacial score (nSPS) is 36.6. The second-order valence-corrected chi connectivity index (χ2v) is 7.70. The molecule has 3 unspecified atom stereocenters. The topological polar surface area (TPSA) is 35.6 Å². The Hall–Kier alpha value is -0.0300. The van der Waals surface area contributed by atoms with Crippen LogP contribution in [0.3, 0.4) is 0 Å². The number of fused-ring (bicyclic) bond motifs is 3. The molecule has 0 spiro atoms. The summed E-state index contributed by atoms with van der Waals surface area (Å²) in [5.74, 6) is 1.08. The molecule has 1 amide bonds. The zero-order chi connectivity index (χ0) is 14.2. The Labute approximate surface area is 152 Å². The Morgan fingerprint density at radius 3 is 2.43 bits per heavy atom. The van der Waals surface area contributed by atoms with Gasteiger partial charge in [0.2, 0.25) is 5.91 Å². The van der Waals surface area contributed by atoms with Crippen molar-refractivity contribution >= 4 is 30.7 Å². The van der Waals surface area contributed by atoms with Crippen molar-refractivity contribution in [3.8, 4) is 0 Å². The van der Waals surface area contributed by atoms with Crippen molar-refractivity contribution in [2.75, 3.05) is 26.2 Å². The fraction of sp³-hybridized carbons (Fsp3) is 0.941. The predicted molar refractivity (Wildman–Crippen MR) is 97.6 cm³/mol. The maximum atomic E-state index is 12.7. The van der Waals surface area contributed by atoms with Gasteiger partial charge in [0.25, 0.3) is 0 Å². The number of carbonyl (C=O) groups is 1. The zero-order valence-corrected chi connectivity index (χ0v) is 15.5. The fourth-order valence-electron chi connectivity index (χ4n) is 5.10. The first-order valence-electron chi connectivity index (χ1n) is 9.06. The number of rotatable bonds is 2. The van der Waals surface area contributed by atoms with Crippen LogP contribution in [0.1, 0.15) is 51.4 Å². The molecule has 4 aliphatic heterocycles. The van der Waals surface area contributed by atoms with Gasteiger partial charge < -0.3 is 10.2 Å². The maximum absolute atomic E-state index is 12.7. The zero-order valence-electron chi connectivity index (χ0n) is 13.9. The van der Waals surface area contributed by atoms with E-state index in [0.717, 1.165) is 26.1 Å². The lowest BCUT2D eigenvalue weighted by molar-refractivity contribution is -0.136. The van der Waals surface area contributed by atoms with Crippen LogP contribution >= 0.6 is 24.8 Å². The van der Waals surface area contributed by atoms with Crippen molar-refractivity contribution in [2.45, 2.75) is 69.5 Å². The number of carbonyl (C=O) groups excluding carboxylic acids is 1. The van der Waals surface area contributed by atoms with Gasteiger partial charge in [0, 0.05) is 44.2 Å². The van der Waals surface area contributed by atoms with Gasteiger partial charge in [-0.25, -0.2) is 0 Å². The summed E-state index contributed by atoms with van der Waals surface area (Å²) in [5, 5.41) is 3.68. The van der Waals surface area contributed by atoms with Gasteiger partial charge in [-0.1, -0.05) is 6.42 Å². The van der Waals surface area contributed by atoms with Crippen LogP contribution in [0.5, 0.6) is 0 Å². The molecule has 0 aromatic carbocycles. The molecule has 0 radical (unpaired) electrons. The monoisotopic (exact) mass is 363 g/mol. The maximum Gasteiger partial charge on any atom is 0.222 e. The van der Waals surface area contributed by atoms with Crippen molar-refractivity contribution in [2.24, 2.45) is 5.92 Å². The quantitative estimate of drug-likeness (QED) is 0.818. The molecule has 3 atom stereocenters. The van der Waals surface area contributed by atoms with E-state index in [-0.39, 0.29) is 24.8 Å². The van der Waals surface area contributed by atoms with Gasteiger partial charge in [-0.2, -0.15) is 0 Å². The molecule has 4 saturated heterocycles. The average molecular weight is 364 g/mol. The lowest BCUT2D eigenvalue weighted by Crippen LogP contribution is -2.56. The van der Waals surface area contributed by atoms with Gasteiger partial charge in [-0.05, 0) is 51.0 Å². The molecule has 4 nitrogen and oxygen atoms in total. The van der Waals surface area contributed by atoms with Gasteiger partial charge in [0.05, 0.1) is 0 Å².